The number of carbonyl (C=O) groups is 1. The minimum Gasteiger partial charge on any atom is -0.358 e. The molecule has 0 aliphatic carbocycles. The van der Waals surface area contributed by atoms with E-state index < -0.39 is 4.92 Å². The van der Waals surface area contributed by atoms with Gasteiger partial charge in [-0.25, -0.2) is 0 Å². The number of aromatic nitrogens is 4. The molecule has 2 aromatic rings. The minimum absolute atomic E-state index is 0.101. The minimum atomic E-state index is -0.613. The summed E-state index contributed by atoms with van der Waals surface area (Å²) in [5.74, 6) is -0.0882. The first kappa shape index (κ1) is 12.7. The summed E-state index contributed by atoms with van der Waals surface area (Å²) in [7, 11) is 0. The van der Waals surface area contributed by atoms with Crippen molar-refractivity contribution in [1.29, 1.82) is 0 Å². The van der Waals surface area contributed by atoms with E-state index in [4.69, 9.17) is 0 Å². The fraction of sp³-hybridized carbons (Fsp3) is 0.300. The van der Waals surface area contributed by atoms with Gasteiger partial charge in [-0.3, -0.25) is 9.89 Å². The maximum Gasteiger partial charge on any atom is 0.389 e. The molecule has 100 valence electrons. The summed E-state index contributed by atoms with van der Waals surface area (Å²) in [5.41, 5.74) is 0.889. The Morgan fingerprint density at radius 2 is 2.42 bits per heavy atom. The molecule has 0 saturated heterocycles. The summed E-state index contributed by atoms with van der Waals surface area (Å²) < 4.78 is 1.20. The summed E-state index contributed by atoms with van der Waals surface area (Å²) in [6.07, 6.45) is 3.75. The van der Waals surface area contributed by atoms with Crippen molar-refractivity contribution in [3.8, 4) is 0 Å². The predicted molar refractivity (Wildman–Crippen MR) is 65.5 cm³/mol. The van der Waals surface area contributed by atoms with Gasteiger partial charge in [0, 0.05) is 5.56 Å². The number of hydrogen-bond acceptors (Lipinski definition) is 5. The third-order valence-electron chi connectivity index (χ3n) is 2.48. The van der Waals surface area contributed by atoms with Crippen molar-refractivity contribution in [2.45, 2.75) is 19.9 Å². The van der Waals surface area contributed by atoms with Gasteiger partial charge in [0.05, 0.1) is 23.6 Å². The van der Waals surface area contributed by atoms with Crippen molar-refractivity contribution in [2.75, 3.05) is 5.32 Å². The molecule has 0 aliphatic heterocycles. The lowest BCUT2D eigenvalue weighted by Gasteiger charge is -2.02. The second kappa shape index (κ2) is 5.29. The molecule has 0 saturated carbocycles. The van der Waals surface area contributed by atoms with E-state index in [9.17, 15) is 14.9 Å². The Hall–Kier alpha value is -2.71. The first-order valence-corrected chi connectivity index (χ1v) is 5.60. The standard InChI is InChI=1S/C10H12N6O3/c1-2-7-5-11-13-10(7)12-9(17)6-15-4-3-8(14-15)16(18)19/h3-5H,2,6H2,1H3,(H2,11,12,13,17). The Bertz CT molecular complexity index is 602. The van der Waals surface area contributed by atoms with Crippen LogP contribution in [0.1, 0.15) is 12.5 Å². The van der Waals surface area contributed by atoms with Crippen LogP contribution in [0.2, 0.25) is 0 Å². The van der Waals surface area contributed by atoms with Crippen LogP contribution in [0.5, 0.6) is 0 Å². The number of nitro groups is 1. The van der Waals surface area contributed by atoms with Gasteiger partial charge in [-0.05, 0) is 11.3 Å². The van der Waals surface area contributed by atoms with Crippen molar-refractivity contribution < 1.29 is 9.72 Å². The van der Waals surface area contributed by atoms with E-state index in [-0.39, 0.29) is 18.3 Å². The number of H-pyrrole nitrogens is 1. The number of carbonyl (C=O) groups excluding carboxylic acids is 1. The number of rotatable bonds is 5. The van der Waals surface area contributed by atoms with Crippen LogP contribution in [0.15, 0.2) is 18.5 Å². The Labute approximate surface area is 107 Å². The molecule has 2 N–H and O–H groups in total. The summed E-state index contributed by atoms with van der Waals surface area (Å²) >= 11 is 0. The van der Waals surface area contributed by atoms with E-state index in [0.717, 1.165) is 12.0 Å². The lowest BCUT2D eigenvalue weighted by molar-refractivity contribution is -0.389. The van der Waals surface area contributed by atoms with Crippen LogP contribution in [0.3, 0.4) is 0 Å². The highest BCUT2D eigenvalue weighted by Crippen LogP contribution is 2.11. The summed E-state index contributed by atoms with van der Waals surface area (Å²) in [4.78, 5) is 21.6. The third-order valence-corrected chi connectivity index (χ3v) is 2.48. The molecule has 9 nitrogen and oxygen atoms in total. The lowest BCUT2D eigenvalue weighted by Crippen LogP contribution is -2.20. The number of nitrogens with one attached hydrogen (secondary N) is 2. The Kier molecular flexibility index (Phi) is 3.55. The van der Waals surface area contributed by atoms with Crippen LogP contribution in [0, 0.1) is 10.1 Å². The fourth-order valence-electron chi connectivity index (χ4n) is 1.55. The van der Waals surface area contributed by atoms with Crippen molar-refractivity contribution in [2.24, 2.45) is 0 Å². The smallest absolute Gasteiger partial charge is 0.358 e. The first-order chi connectivity index (χ1) is 9.10. The quantitative estimate of drug-likeness (QED) is 0.609. The number of anilines is 1. The summed E-state index contributed by atoms with van der Waals surface area (Å²) in [6, 6.07) is 1.24. The van der Waals surface area contributed by atoms with E-state index >= 15 is 0 Å². The SMILES string of the molecule is CCc1cn[nH]c1NC(=O)Cn1ccc([N+](=O)[O-])n1. The second-order valence-corrected chi connectivity index (χ2v) is 3.80. The maximum absolute atomic E-state index is 11.7. The Morgan fingerprint density at radius 1 is 1.63 bits per heavy atom. The molecule has 0 spiro atoms. The number of aryl methyl sites for hydroxylation is 1. The van der Waals surface area contributed by atoms with Crippen LogP contribution in [-0.2, 0) is 17.8 Å². The second-order valence-electron chi connectivity index (χ2n) is 3.80. The summed E-state index contributed by atoms with van der Waals surface area (Å²) in [6.45, 7) is 1.84. The van der Waals surface area contributed by atoms with Gasteiger partial charge in [0.15, 0.2) is 0 Å². The van der Waals surface area contributed by atoms with Gasteiger partial charge in [0.2, 0.25) is 5.91 Å². The molecule has 0 atom stereocenters. The molecule has 0 radical (unpaired) electrons. The highest BCUT2D eigenvalue weighted by Gasteiger charge is 2.14. The van der Waals surface area contributed by atoms with Crippen molar-refractivity contribution in [3.05, 3.63) is 34.1 Å². The highest BCUT2D eigenvalue weighted by molar-refractivity contribution is 5.90. The normalized spacial score (nSPS) is 10.4. The van der Waals surface area contributed by atoms with Crippen molar-refractivity contribution >= 4 is 17.5 Å². The fourth-order valence-corrected chi connectivity index (χ4v) is 1.55. The van der Waals surface area contributed by atoms with E-state index in [1.54, 1.807) is 6.20 Å². The van der Waals surface area contributed by atoms with Gasteiger partial charge in [-0.1, -0.05) is 6.92 Å². The van der Waals surface area contributed by atoms with E-state index in [1.807, 2.05) is 6.92 Å². The molecule has 0 bridgehead atoms. The lowest BCUT2D eigenvalue weighted by atomic mass is 10.2. The first-order valence-electron chi connectivity index (χ1n) is 5.60. The zero-order chi connectivity index (χ0) is 13.8. The van der Waals surface area contributed by atoms with Crippen LogP contribution in [-0.4, -0.2) is 30.8 Å². The molecule has 0 fully saturated rings. The monoisotopic (exact) mass is 264 g/mol. The van der Waals surface area contributed by atoms with Gasteiger partial charge in [-0.15, -0.1) is 0 Å². The van der Waals surface area contributed by atoms with E-state index in [1.165, 1.54) is 16.9 Å². The van der Waals surface area contributed by atoms with Crippen LogP contribution < -0.4 is 5.32 Å². The van der Waals surface area contributed by atoms with Crippen LogP contribution >= 0.6 is 0 Å². The Balaban J connectivity index is 1.99. The van der Waals surface area contributed by atoms with Gasteiger partial charge in [0.25, 0.3) is 0 Å². The molecule has 19 heavy (non-hydrogen) atoms. The van der Waals surface area contributed by atoms with Crippen LogP contribution in [0.25, 0.3) is 0 Å². The molecule has 2 rings (SSSR count). The van der Waals surface area contributed by atoms with E-state index in [0.29, 0.717) is 5.82 Å². The Morgan fingerprint density at radius 3 is 3.05 bits per heavy atom. The molecular weight excluding hydrogens is 252 g/mol. The number of amides is 1. The topological polar surface area (TPSA) is 119 Å². The van der Waals surface area contributed by atoms with Crippen molar-refractivity contribution in [1.82, 2.24) is 20.0 Å². The zero-order valence-corrected chi connectivity index (χ0v) is 10.2. The van der Waals surface area contributed by atoms with Crippen LogP contribution in [0.4, 0.5) is 11.6 Å². The van der Waals surface area contributed by atoms with Gasteiger partial charge in [0.1, 0.15) is 12.4 Å². The average molecular weight is 264 g/mol. The number of hydrogen-bond donors (Lipinski definition) is 2. The summed E-state index contributed by atoms with van der Waals surface area (Å²) in [5, 5.41) is 23.3. The molecule has 9 heteroatoms. The van der Waals surface area contributed by atoms with Gasteiger partial charge < -0.3 is 15.4 Å². The average Bonchev–Trinajstić information content (AvgIpc) is 2.97. The van der Waals surface area contributed by atoms with Gasteiger partial charge in [-0.2, -0.15) is 9.78 Å². The molecule has 2 heterocycles. The molecule has 0 unspecified atom stereocenters. The maximum atomic E-state index is 11.7. The molecule has 0 aromatic carbocycles. The molecule has 0 aliphatic rings. The third kappa shape index (κ3) is 2.94. The van der Waals surface area contributed by atoms with E-state index in [2.05, 4.69) is 20.6 Å². The number of nitrogens with zero attached hydrogens (tertiary/aromatic N) is 4. The molecule has 2 aromatic heterocycles. The number of aromatic amines is 1. The van der Waals surface area contributed by atoms with Crippen molar-refractivity contribution in [3.63, 3.8) is 0 Å². The molecular formula is C10H12N6O3. The molecule has 1 amide bonds. The zero-order valence-electron chi connectivity index (χ0n) is 10.2. The largest absolute Gasteiger partial charge is 0.389 e. The van der Waals surface area contributed by atoms with Gasteiger partial charge >= 0.3 is 5.82 Å². The predicted octanol–water partition coefficient (Wildman–Crippen LogP) is 0.715. The highest BCUT2D eigenvalue weighted by atomic mass is 16.6.